The summed E-state index contributed by atoms with van der Waals surface area (Å²) in [7, 11) is 0. The van der Waals surface area contributed by atoms with E-state index in [1.165, 1.54) is 12.1 Å². The van der Waals surface area contributed by atoms with Crippen molar-refractivity contribution < 1.29 is 14.0 Å². The molecule has 1 atom stereocenters. The molecule has 1 aliphatic rings. The number of carbonyl (C=O) groups excluding carboxylic acids is 2. The van der Waals surface area contributed by atoms with Crippen LogP contribution in [-0.2, 0) is 16.1 Å². The zero-order valence-corrected chi connectivity index (χ0v) is 11.1. The molecule has 0 spiro atoms. The summed E-state index contributed by atoms with van der Waals surface area (Å²) >= 11 is 1.59. The summed E-state index contributed by atoms with van der Waals surface area (Å²) in [4.78, 5) is 23.3. The number of benzene rings is 1. The van der Waals surface area contributed by atoms with Gasteiger partial charge in [0, 0.05) is 24.5 Å². The molecule has 2 rings (SSSR count). The van der Waals surface area contributed by atoms with E-state index in [-0.39, 0.29) is 17.6 Å². The summed E-state index contributed by atoms with van der Waals surface area (Å²) < 4.78 is 12.7. The van der Waals surface area contributed by atoms with Gasteiger partial charge in [-0.25, -0.2) is 4.39 Å². The Labute approximate surface area is 115 Å². The lowest BCUT2D eigenvalue weighted by atomic mass is 10.2. The maximum Gasteiger partial charge on any atom is 0.243 e. The van der Waals surface area contributed by atoms with E-state index >= 15 is 0 Å². The van der Waals surface area contributed by atoms with E-state index in [1.807, 2.05) is 0 Å². The summed E-state index contributed by atoms with van der Waals surface area (Å²) in [5.74, 6) is 0.732. The van der Waals surface area contributed by atoms with Crippen molar-refractivity contribution in [3.05, 3.63) is 35.6 Å². The van der Waals surface area contributed by atoms with Crippen molar-refractivity contribution in [1.82, 2.24) is 10.6 Å². The van der Waals surface area contributed by atoms with Crippen LogP contribution in [0.1, 0.15) is 12.0 Å². The van der Waals surface area contributed by atoms with Crippen LogP contribution < -0.4 is 10.6 Å². The molecule has 102 valence electrons. The summed E-state index contributed by atoms with van der Waals surface area (Å²) in [6.07, 6.45) is 0.451. The van der Waals surface area contributed by atoms with Crippen molar-refractivity contribution in [1.29, 1.82) is 0 Å². The van der Waals surface area contributed by atoms with Crippen LogP contribution in [0.4, 0.5) is 4.39 Å². The van der Waals surface area contributed by atoms with Crippen molar-refractivity contribution in [3.8, 4) is 0 Å². The Morgan fingerprint density at radius 2 is 2.16 bits per heavy atom. The first-order valence-electron chi connectivity index (χ1n) is 6.04. The molecule has 0 saturated carbocycles. The Balaban J connectivity index is 1.86. The van der Waals surface area contributed by atoms with Crippen molar-refractivity contribution in [2.45, 2.75) is 19.0 Å². The van der Waals surface area contributed by atoms with Crippen LogP contribution >= 0.6 is 11.8 Å². The highest BCUT2D eigenvalue weighted by molar-refractivity contribution is 7.99. The molecular formula is C13H15FN2O2S. The molecule has 0 aromatic heterocycles. The molecule has 0 unspecified atom stereocenters. The van der Waals surface area contributed by atoms with E-state index < -0.39 is 6.04 Å². The summed E-state index contributed by atoms with van der Waals surface area (Å²) in [5, 5.41) is 5.44. The van der Waals surface area contributed by atoms with Crippen LogP contribution in [0.15, 0.2) is 24.3 Å². The van der Waals surface area contributed by atoms with Gasteiger partial charge in [-0.2, -0.15) is 11.8 Å². The van der Waals surface area contributed by atoms with Gasteiger partial charge in [-0.3, -0.25) is 9.59 Å². The number of hydrogen-bond donors (Lipinski definition) is 2. The second-order valence-electron chi connectivity index (χ2n) is 4.29. The molecule has 4 nitrogen and oxygen atoms in total. The van der Waals surface area contributed by atoms with E-state index in [0.29, 0.717) is 18.7 Å². The zero-order valence-electron chi connectivity index (χ0n) is 10.3. The van der Waals surface area contributed by atoms with Crippen molar-refractivity contribution in [2.24, 2.45) is 0 Å². The van der Waals surface area contributed by atoms with Crippen molar-refractivity contribution in [2.75, 3.05) is 11.5 Å². The number of rotatable bonds is 3. The van der Waals surface area contributed by atoms with Crippen LogP contribution in [0.25, 0.3) is 0 Å². The molecule has 0 radical (unpaired) electrons. The van der Waals surface area contributed by atoms with E-state index in [2.05, 4.69) is 10.6 Å². The molecule has 0 bridgehead atoms. The number of thioether (sulfide) groups is 1. The molecule has 6 heteroatoms. The molecular weight excluding hydrogens is 267 g/mol. The highest BCUT2D eigenvalue weighted by atomic mass is 32.2. The van der Waals surface area contributed by atoms with Crippen LogP contribution in [-0.4, -0.2) is 29.4 Å². The van der Waals surface area contributed by atoms with Crippen LogP contribution in [0.2, 0.25) is 0 Å². The van der Waals surface area contributed by atoms with Crippen molar-refractivity contribution >= 4 is 23.6 Å². The normalized spacial score (nSPS) is 19.4. The van der Waals surface area contributed by atoms with Crippen LogP contribution in [0.5, 0.6) is 0 Å². The quantitative estimate of drug-likeness (QED) is 0.871. The average molecular weight is 282 g/mol. The first-order chi connectivity index (χ1) is 9.15. The molecule has 1 saturated heterocycles. The van der Waals surface area contributed by atoms with Gasteiger partial charge >= 0.3 is 0 Å². The predicted molar refractivity (Wildman–Crippen MR) is 72.1 cm³/mol. The lowest BCUT2D eigenvalue weighted by Crippen LogP contribution is -2.47. The summed E-state index contributed by atoms with van der Waals surface area (Å²) in [6.45, 7) is 0.330. The van der Waals surface area contributed by atoms with Gasteiger partial charge in [0.1, 0.15) is 11.9 Å². The molecule has 0 aliphatic carbocycles. The number of amides is 2. The van der Waals surface area contributed by atoms with Gasteiger partial charge in [0.25, 0.3) is 0 Å². The minimum absolute atomic E-state index is 0.0908. The van der Waals surface area contributed by atoms with E-state index in [4.69, 9.17) is 0 Å². The second kappa shape index (κ2) is 6.56. The topological polar surface area (TPSA) is 58.2 Å². The first kappa shape index (κ1) is 13.9. The minimum atomic E-state index is -0.486. The van der Waals surface area contributed by atoms with Gasteiger partial charge in [0.2, 0.25) is 11.8 Å². The maximum absolute atomic E-state index is 12.7. The fraction of sp³-hybridized carbons (Fsp3) is 0.385. The lowest BCUT2D eigenvalue weighted by Gasteiger charge is -2.15. The average Bonchev–Trinajstić information content (AvgIpc) is 2.62. The maximum atomic E-state index is 12.7. The fourth-order valence-corrected chi connectivity index (χ4v) is 2.70. The van der Waals surface area contributed by atoms with Gasteiger partial charge in [0.05, 0.1) is 0 Å². The fourth-order valence-electron chi connectivity index (χ4n) is 1.73. The highest BCUT2D eigenvalue weighted by Crippen LogP contribution is 2.10. The Morgan fingerprint density at radius 1 is 1.42 bits per heavy atom. The van der Waals surface area contributed by atoms with Crippen molar-refractivity contribution in [3.63, 3.8) is 0 Å². The van der Waals surface area contributed by atoms with Crippen LogP contribution in [0.3, 0.4) is 0 Å². The molecule has 1 heterocycles. The highest BCUT2D eigenvalue weighted by Gasteiger charge is 2.22. The molecule has 1 aliphatic heterocycles. The molecule has 1 aromatic rings. The number of carbonyl (C=O) groups is 2. The van der Waals surface area contributed by atoms with E-state index in [1.54, 1.807) is 23.9 Å². The van der Waals surface area contributed by atoms with E-state index in [9.17, 15) is 14.0 Å². The Morgan fingerprint density at radius 3 is 2.89 bits per heavy atom. The van der Waals surface area contributed by atoms with Gasteiger partial charge in [-0.1, -0.05) is 12.1 Å². The Kier molecular flexibility index (Phi) is 4.79. The van der Waals surface area contributed by atoms with Gasteiger partial charge in [-0.15, -0.1) is 0 Å². The predicted octanol–water partition coefficient (Wildman–Crippen LogP) is 1.06. The third-order valence-electron chi connectivity index (χ3n) is 2.79. The molecule has 2 N–H and O–H groups in total. The molecule has 1 fully saturated rings. The summed E-state index contributed by atoms with van der Waals surface area (Å²) in [5.41, 5.74) is 0.822. The van der Waals surface area contributed by atoms with Gasteiger partial charge in [0.15, 0.2) is 0 Å². The number of nitrogens with one attached hydrogen (secondary N) is 2. The smallest absolute Gasteiger partial charge is 0.243 e. The monoisotopic (exact) mass is 282 g/mol. The summed E-state index contributed by atoms with van der Waals surface area (Å²) in [6, 6.07) is 5.46. The standard InChI is InChI=1S/C13H15FN2O2S/c14-10-3-1-9(2-4-10)7-15-13(18)11-8-19-6-5-12(17)16-11/h1-4,11H,5-8H2,(H,15,18)(H,16,17)/t11-/m0/s1. The third kappa shape index (κ3) is 4.24. The largest absolute Gasteiger partial charge is 0.350 e. The van der Waals surface area contributed by atoms with E-state index in [0.717, 1.165) is 11.3 Å². The third-order valence-corrected chi connectivity index (χ3v) is 3.85. The Bertz CT molecular complexity index is 464. The Hall–Kier alpha value is -1.56. The van der Waals surface area contributed by atoms with Gasteiger partial charge < -0.3 is 10.6 Å². The number of halogens is 1. The molecule has 1 aromatic carbocycles. The minimum Gasteiger partial charge on any atom is -0.350 e. The lowest BCUT2D eigenvalue weighted by molar-refractivity contribution is -0.128. The molecule has 2 amide bonds. The van der Waals surface area contributed by atoms with Gasteiger partial charge in [-0.05, 0) is 17.7 Å². The second-order valence-corrected chi connectivity index (χ2v) is 5.44. The van der Waals surface area contributed by atoms with Crippen LogP contribution in [0, 0.1) is 5.82 Å². The number of hydrogen-bond acceptors (Lipinski definition) is 3. The molecule has 19 heavy (non-hydrogen) atoms. The zero-order chi connectivity index (χ0) is 13.7. The first-order valence-corrected chi connectivity index (χ1v) is 7.20. The SMILES string of the molecule is O=C1CCSC[C@@H](C(=O)NCc2ccc(F)cc2)N1.